The Hall–Kier alpha value is -1.45. The summed E-state index contributed by atoms with van der Waals surface area (Å²) >= 11 is 6.05. The molecule has 0 fully saturated rings. The number of benzene rings is 1. The molecule has 0 spiro atoms. The summed E-state index contributed by atoms with van der Waals surface area (Å²) in [7, 11) is 0. The molecule has 2 aromatic rings. The largest absolute Gasteiger partial charge is 0.486 e. The van der Waals surface area contributed by atoms with Crippen LogP contribution in [0, 0.1) is 0 Å². The van der Waals surface area contributed by atoms with E-state index in [9.17, 15) is 0 Å². The van der Waals surface area contributed by atoms with Gasteiger partial charge < -0.3 is 14.9 Å². The van der Waals surface area contributed by atoms with Crippen molar-refractivity contribution >= 4 is 11.6 Å². The average Bonchev–Trinajstić information content (AvgIpc) is 2.86. The molecule has 0 saturated carbocycles. The van der Waals surface area contributed by atoms with Gasteiger partial charge in [-0.05, 0) is 36.2 Å². The fraction of sp³-hybridized carbons (Fsp3) is 0.286. The number of aryl methyl sites for hydroxylation is 1. The maximum atomic E-state index is 6.05. The first-order valence-electron chi connectivity index (χ1n) is 5.90. The van der Waals surface area contributed by atoms with E-state index in [4.69, 9.17) is 26.5 Å². The predicted octanol–water partition coefficient (Wildman–Crippen LogP) is 3.53. The molecule has 3 nitrogen and oxygen atoms in total. The number of furan rings is 1. The van der Waals surface area contributed by atoms with Gasteiger partial charge in [0.05, 0.1) is 6.26 Å². The second kappa shape index (κ2) is 5.94. The van der Waals surface area contributed by atoms with E-state index >= 15 is 0 Å². The van der Waals surface area contributed by atoms with Crippen molar-refractivity contribution < 1.29 is 9.15 Å². The summed E-state index contributed by atoms with van der Waals surface area (Å²) < 4.78 is 11.0. The Morgan fingerprint density at radius 1 is 1.33 bits per heavy atom. The summed E-state index contributed by atoms with van der Waals surface area (Å²) in [6.45, 7) is 2.93. The van der Waals surface area contributed by atoms with E-state index in [1.54, 1.807) is 6.26 Å². The fourth-order valence-electron chi connectivity index (χ4n) is 1.68. The van der Waals surface area contributed by atoms with E-state index in [2.05, 4.69) is 6.92 Å². The van der Waals surface area contributed by atoms with Gasteiger partial charge in [0.25, 0.3) is 0 Å². The molecule has 0 unspecified atom stereocenters. The normalized spacial score (nSPS) is 10.6. The van der Waals surface area contributed by atoms with Gasteiger partial charge in [-0.1, -0.05) is 18.5 Å². The molecule has 0 atom stereocenters. The lowest BCUT2D eigenvalue weighted by molar-refractivity contribution is 0.270. The summed E-state index contributed by atoms with van der Waals surface area (Å²) in [6.07, 6.45) is 2.53. The van der Waals surface area contributed by atoms with Gasteiger partial charge in [0.15, 0.2) is 0 Å². The third kappa shape index (κ3) is 3.06. The lowest BCUT2D eigenvalue weighted by atomic mass is 10.1. The first-order valence-corrected chi connectivity index (χ1v) is 6.28. The lowest BCUT2D eigenvalue weighted by Gasteiger charge is -2.07. The molecule has 0 amide bonds. The van der Waals surface area contributed by atoms with Crippen molar-refractivity contribution in [1.29, 1.82) is 0 Å². The van der Waals surface area contributed by atoms with Crippen molar-refractivity contribution in [2.75, 3.05) is 0 Å². The van der Waals surface area contributed by atoms with E-state index in [1.165, 1.54) is 0 Å². The summed E-state index contributed by atoms with van der Waals surface area (Å²) in [4.78, 5) is 0. The van der Waals surface area contributed by atoms with Gasteiger partial charge in [0.2, 0.25) is 0 Å². The maximum Gasteiger partial charge on any atom is 0.146 e. The maximum absolute atomic E-state index is 6.05. The third-order valence-electron chi connectivity index (χ3n) is 2.72. The third-order valence-corrected chi connectivity index (χ3v) is 3.09. The molecule has 0 bridgehead atoms. The number of hydrogen-bond acceptors (Lipinski definition) is 3. The molecule has 4 heteroatoms. The van der Waals surface area contributed by atoms with Crippen molar-refractivity contribution in [3.8, 4) is 5.75 Å². The Labute approximate surface area is 111 Å². The zero-order chi connectivity index (χ0) is 13.0. The van der Waals surface area contributed by atoms with Crippen molar-refractivity contribution in [3.05, 3.63) is 52.4 Å². The summed E-state index contributed by atoms with van der Waals surface area (Å²) in [5, 5.41) is 0.772. The molecular weight excluding hydrogens is 250 g/mol. The van der Waals surface area contributed by atoms with Crippen LogP contribution < -0.4 is 10.5 Å². The van der Waals surface area contributed by atoms with Gasteiger partial charge in [0.1, 0.15) is 18.1 Å². The van der Waals surface area contributed by atoms with Crippen molar-refractivity contribution in [1.82, 2.24) is 0 Å². The number of nitrogens with two attached hydrogens (primary N) is 1. The van der Waals surface area contributed by atoms with Crippen LogP contribution in [-0.4, -0.2) is 0 Å². The molecule has 0 radical (unpaired) electrons. The highest BCUT2D eigenvalue weighted by Gasteiger charge is 2.04. The van der Waals surface area contributed by atoms with E-state index in [1.807, 2.05) is 24.3 Å². The number of rotatable bonds is 5. The zero-order valence-electron chi connectivity index (χ0n) is 10.3. The first-order chi connectivity index (χ1) is 8.72. The SMILES string of the molecule is CCc1cc(OCc2cc(CN)co2)ccc1Cl. The summed E-state index contributed by atoms with van der Waals surface area (Å²) in [5.74, 6) is 1.56. The molecule has 0 aliphatic rings. The molecule has 1 heterocycles. The topological polar surface area (TPSA) is 48.4 Å². The molecule has 2 N–H and O–H groups in total. The Morgan fingerprint density at radius 3 is 2.83 bits per heavy atom. The highest BCUT2D eigenvalue weighted by molar-refractivity contribution is 6.31. The van der Waals surface area contributed by atoms with Gasteiger partial charge in [-0.2, -0.15) is 0 Å². The molecule has 0 aliphatic carbocycles. The Kier molecular flexibility index (Phi) is 4.28. The Bertz CT molecular complexity index is 522. The molecule has 1 aromatic heterocycles. The molecule has 0 saturated heterocycles. The van der Waals surface area contributed by atoms with Gasteiger partial charge in [0, 0.05) is 17.1 Å². The molecule has 0 aliphatic heterocycles. The Morgan fingerprint density at radius 2 is 2.17 bits per heavy atom. The minimum absolute atomic E-state index is 0.394. The first kappa shape index (κ1) is 13.0. The van der Waals surface area contributed by atoms with Crippen LogP contribution in [0.5, 0.6) is 5.75 Å². The number of halogens is 1. The summed E-state index contributed by atoms with van der Waals surface area (Å²) in [6, 6.07) is 7.56. The minimum Gasteiger partial charge on any atom is -0.486 e. The number of ether oxygens (including phenoxy) is 1. The zero-order valence-corrected chi connectivity index (χ0v) is 11.0. The second-order valence-corrected chi connectivity index (χ2v) is 4.43. The molecular formula is C14H16ClNO2. The second-order valence-electron chi connectivity index (χ2n) is 4.02. The van der Waals surface area contributed by atoms with Crippen LogP contribution in [0.3, 0.4) is 0 Å². The van der Waals surface area contributed by atoms with Crippen LogP contribution in [0.4, 0.5) is 0 Å². The van der Waals surface area contributed by atoms with Crippen LogP contribution >= 0.6 is 11.6 Å². The van der Waals surface area contributed by atoms with E-state index in [-0.39, 0.29) is 0 Å². The predicted molar refractivity (Wildman–Crippen MR) is 71.8 cm³/mol. The van der Waals surface area contributed by atoms with Crippen LogP contribution in [0.1, 0.15) is 23.8 Å². The van der Waals surface area contributed by atoms with E-state index in [0.29, 0.717) is 13.2 Å². The lowest BCUT2D eigenvalue weighted by Crippen LogP contribution is -1.96. The molecule has 1 aromatic carbocycles. The molecule has 2 rings (SSSR count). The minimum atomic E-state index is 0.394. The van der Waals surface area contributed by atoms with Gasteiger partial charge >= 0.3 is 0 Å². The highest BCUT2D eigenvalue weighted by Crippen LogP contribution is 2.23. The quantitative estimate of drug-likeness (QED) is 0.900. The van der Waals surface area contributed by atoms with E-state index in [0.717, 1.165) is 34.1 Å². The molecule has 18 heavy (non-hydrogen) atoms. The average molecular weight is 266 g/mol. The van der Waals surface area contributed by atoms with E-state index < -0.39 is 0 Å². The van der Waals surface area contributed by atoms with Crippen molar-refractivity contribution in [3.63, 3.8) is 0 Å². The van der Waals surface area contributed by atoms with Crippen LogP contribution in [0.15, 0.2) is 34.9 Å². The standard InChI is InChI=1S/C14H16ClNO2/c1-2-11-6-12(3-4-14(11)15)18-9-13-5-10(7-16)8-17-13/h3-6,8H,2,7,9,16H2,1H3. The van der Waals surface area contributed by atoms with Gasteiger partial charge in [-0.15, -0.1) is 0 Å². The smallest absolute Gasteiger partial charge is 0.146 e. The monoisotopic (exact) mass is 265 g/mol. The highest BCUT2D eigenvalue weighted by atomic mass is 35.5. The summed E-state index contributed by atoms with van der Waals surface area (Å²) in [5.41, 5.74) is 7.56. The van der Waals surface area contributed by atoms with Crippen molar-refractivity contribution in [2.24, 2.45) is 5.73 Å². The Balaban J connectivity index is 2.01. The van der Waals surface area contributed by atoms with Crippen molar-refractivity contribution in [2.45, 2.75) is 26.5 Å². The number of hydrogen-bond donors (Lipinski definition) is 1. The fourth-order valence-corrected chi connectivity index (χ4v) is 1.93. The van der Waals surface area contributed by atoms with Crippen LogP contribution in [0.2, 0.25) is 5.02 Å². The molecule has 96 valence electrons. The van der Waals surface area contributed by atoms with Crippen LogP contribution in [-0.2, 0) is 19.6 Å². The van der Waals surface area contributed by atoms with Gasteiger partial charge in [-0.3, -0.25) is 0 Å². The van der Waals surface area contributed by atoms with Gasteiger partial charge in [-0.25, -0.2) is 0 Å². The van der Waals surface area contributed by atoms with Crippen LogP contribution in [0.25, 0.3) is 0 Å².